The summed E-state index contributed by atoms with van der Waals surface area (Å²) in [6.45, 7) is 13.2. The number of rotatable bonds is 7. The number of amides is 1. The molecule has 4 rings (SSSR count). The van der Waals surface area contributed by atoms with Crippen LogP contribution in [0.4, 0.5) is 24.8 Å². The highest BCUT2D eigenvalue weighted by Crippen LogP contribution is 2.31. The van der Waals surface area contributed by atoms with Gasteiger partial charge in [-0.1, -0.05) is 26.0 Å². The van der Waals surface area contributed by atoms with Crippen molar-refractivity contribution in [2.24, 2.45) is 0 Å². The molecule has 9 nitrogen and oxygen atoms in total. The summed E-state index contributed by atoms with van der Waals surface area (Å²) in [6.07, 6.45) is -2.95. The molecule has 0 bridgehead atoms. The number of nitrogens with zero attached hydrogens (tertiary/aromatic N) is 5. The third-order valence-electron chi connectivity index (χ3n) is 7.55. The predicted molar refractivity (Wildman–Crippen MR) is 157 cm³/mol. The van der Waals surface area contributed by atoms with Gasteiger partial charge in [-0.2, -0.15) is 13.2 Å². The standard InChI is InChI=1S/C31H37F3N6O3/c1-18(2)26-27(35-15-21-8-10-22(11-9-21)31(32,33)34)36-16-23(38-26)28(41)40-13-12-39(17-30(40,5)6)24-14-19(3)25(20(4)37-24)29(42)43-7/h8-11,14,16,18H,12-13,15,17H2,1-7H3,(H,35,36). The third-order valence-corrected chi connectivity index (χ3v) is 7.55. The van der Waals surface area contributed by atoms with Crippen LogP contribution in [0.25, 0.3) is 0 Å². The van der Waals surface area contributed by atoms with E-state index in [9.17, 15) is 22.8 Å². The van der Waals surface area contributed by atoms with Crippen LogP contribution in [0, 0.1) is 13.8 Å². The van der Waals surface area contributed by atoms with E-state index in [1.807, 2.05) is 40.7 Å². The zero-order chi connectivity index (χ0) is 31.7. The maximum atomic E-state index is 13.7. The Morgan fingerprint density at radius 3 is 2.33 bits per heavy atom. The van der Waals surface area contributed by atoms with Gasteiger partial charge in [-0.15, -0.1) is 0 Å². The second-order valence-corrected chi connectivity index (χ2v) is 11.6. The lowest BCUT2D eigenvalue weighted by atomic mass is 9.97. The molecule has 1 aliphatic heterocycles. The van der Waals surface area contributed by atoms with Gasteiger partial charge in [-0.3, -0.25) is 4.79 Å². The summed E-state index contributed by atoms with van der Waals surface area (Å²) in [6, 6.07) is 6.80. The molecule has 2 aromatic heterocycles. The number of carbonyl (C=O) groups is 2. The second kappa shape index (κ2) is 12.2. The van der Waals surface area contributed by atoms with Crippen LogP contribution < -0.4 is 10.2 Å². The van der Waals surface area contributed by atoms with Gasteiger partial charge in [0, 0.05) is 26.2 Å². The SMILES string of the molecule is COC(=O)c1c(C)cc(N2CCN(C(=O)c3cnc(NCc4ccc(C(F)(F)F)cc4)c(C(C)C)n3)C(C)(C)C2)nc1C. The number of halogens is 3. The van der Waals surface area contributed by atoms with Crippen molar-refractivity contribution >= 4 is 23.5 Å². The minimum atomic E-state index is -4.39. The van der Waals surface area contributed by atoms with Crippen molar-refractivity contribution in [3.63, 3.8) is 0 Å². The lowest BCUT2D eigenvalue weighted by Gasteiger charge is -2.47. The van der Waals surface area contributed by atoms with Crippen molar-refractivity contribution in [2.45, 2.75) is 65.7 Å². The predicted octanol–water partition coefficient (Wildman–Crippen LogP) is 5.77. The number of ether oxygens (including phenoxy) is 1. The van der Waals surface area contributed by atoms with Crippen LogP contribution in [0.1, 0.15) is 82.5 Å². The summed E-state index contributed by atoms with van der Waals surface area (Å²) in [5.74, 6) is 0.476. The molecular weight excluding hydrogens is 561 g/mol. The van der Waals surface area contributed by atoms with Gasteiger partial charge in [0.05, 0.1) is 41.4 Å². The Bertz CT molecular complexity index is 1480. The summed E-state index contributed by atoms with van der Waals surface area (Å²) < 4.78 is 43.6. The topological polar surface area (TPSA) is 101 Å². The van der Waals surface area contributed by atoms with Gasteiger partial charge in [0.1, 0.15) is 17.3 Å². The van der Waals surface area contributed by atoms with Gasteiger partial charge in [0.25, 0.3) is 5.91 Å². The van der Waals surface area contributed by atoms with Crippen molar-refractivity contribution in [1.82, 2.24) is 19.9 Å². The molecule has 1 aliphatic rings. The van der Waals surface area contributed by atoms with Crippen LogP contribution >= 0.6 is 0 Å². The number of aromatic nitrogens is 3. The molecule has 0 aliphatic carbocycles. The number of hydrogen-bond donors (Lipinski definition) is 1. The Balaban J connectivity index is 1.49. The number of esters is 1. The smallest absolute Gasteiger partial charge is 0.416 e. The van der Waals surface area contributed by atoms with Crippen LogP contribution in [0.3, 0.4) is 0 Å². The lowest BCUT2D eigenvalue weighted by molar-refractivity contribution is -0.137. The van der Waals surface area contributed by atoms with Crippen molar-refractivity contribution < 1.29 is 27.5 Å². The van der Waals surface area contributed by atoms with Crippen molar-refractivity contribution in [3.8, 4) is 0 Å². The lowest BCUT2D eigenvalue weighted by Crippen LogP contribution is -2.61. The van der Waals surface area contributed by atoms with E-state index in [2.05, 4.69) is 25.2 Å². The summed E-state index contributed by atoms with van der Waals surface area (Å²) in [5.41, 5.74) is 2.01. The monoisotopic (exact) mass is 598 g/mol. The van der Waals surface area contributed by atoms with Crippen LogP contribution in [-0.2, 0) is 17.5 Å². The molecule has 12 heteroatoms. The molecule has 230 valence electrons. The van der Waals surface area contributed by atoms with E-state index in [-0.39, 0.29) is 24.1 Å². The Kier molecular flexibility index (Phi) is 8.98. The fourth-order valence-corrected chi connectivity index (χ4v) is 5.29. The number of carbonyl (C=O) groups excluding carboxylic acids is 2. The minimum absolute atomic E-state index is 0.0641. The first-order valence-electron chi connectivity index (χ1n) is 14.0. The number of benzene rings is 1. The van der Waals surface area contributed by atoms with Gasteiger partial charge in [-0.25, -0.2) is 19.7 Å². The number of pyridine rings is 1. The first kappa shape index (κ1) is 31.7. The molecule has 0 spiro atoms. The van der Waals surface area contributed by atoms with Gasteiger partial charge in [0.2, 0.25) is 0 Å². The van der Waals surface area contributed by atoms with Gasteiger partial charge in [0.15, 0.2) is 0 Å². The highest BCUT2D eigenvalue weighted by atomic mass is 19.4. The molecule has 0 radical (unpaired) electrons. The molecule has 3 heterocycles. The normalized spacial score (nSPS) is 15.0. The highest BCUT2D eigenvalue weighted by molar-refractivity contribution is 5.93. The number of methoxy groups -OCH3 is 1. The largest absolute Gasteiger partial charge is 0.465 e. The Morgan fingerprint density at radius 1 is 1.09 bits per heavy atom. The number of nitrogens with one attached hydrogen (secondary N) is 1. The second-order valence-electron chi connectivity index (χ2n) is 11.6. The number of piperazine rings is 1. The van der Waals surface area contributed by atoms with Gasteiger partial charge >= 0.3 is 12.1 Å². The quantitative estimate of drug-likeness (QED) is 0.342. The van der Waals surface area contributed by atoms with Crippen molar-refractivity contribution in [3.05, 3.63) is 75.9 Å². The summed E-state index contributed by atoms with van der Waals surface area (Å²) in [7, 11) is 1.34. The van der Waals surface area contributed by atoms with Crippen LogP contribution in [0.5, 0.6) is 0 Å². The zero-order valence-corrected chi connectivity index (χ0v) is 25.5. The van der Waals surface area contributed by atoms with E-state index in [0.717, 1.165) is 23.5 Å². The minimum Gasteiger partial charge on any atom is -0.465 e. The summed E-state index contributed by atoms with van der Waals surface area (Å²) >= 11 is 0. The van der Waals surface area contributed by atoms with Crippen LogP contribution in [0.15, 0.2) is 36.5 Å². The van der Waals surface area contributed by atoms with E-state index in [4.69, 9.17) is 4.74 Å². The number of aryl methyl sites for hydroxylation is 2. The third kappa shape index (κ3) is 6.89. The van der Waals surface area contributed by atoms with Gasteiger partial charge < -0.3 is 19.9 Å². The molecule has 0 atom stereocenters. The van der Waals surface area contributed by atoms with Crippen molar-refractivity contribution in [2.75, 3.05) is 37.0 Å². The summed E-state index contributed by atoms with van der Waals surface area (Å²) in [4.78, 5) is 43.6. The molecule has 1 aromatic carbocycles. The fraction of sp³-hybridized carbons (Fsp3) is 0.452. The highest BCUT2D eigenvalue weighted by Gasteiger charge is 2.39. The van der Waals surface area contributed by atoms with E-state index < -0.39 is 23.2 Å². The first-order chi connectivity index (χ1) is 20.1. The Hall–Kier alpha value is -4.22. The maximum Gasteiger partial charge on any atom is 0.416 e. The first-order valence-corrected chi connectivity index (χ1v) is 14.0. The van der Waals surface area contributed by atoms with Crippen LogP contribution in [0.2, 0.25) is 0 Å². The van der Waals surface area contributed by atoms with Crippen LogP contribution in [-0.4, -0.2) is 64.0 Å². The Labute approximate surface area is 249 Å². The average Bonchev–Trinajstić information content (AvgIpc) is 2.94. The van der Waals surface area contributed by atoms with E-state index >= 15 is 0 Å². The number of alkyl halides is 3. The molecule has 1 amide bonds. The number of anilines is 2. The molecule has 0 unspecified atom stereocenters. The molecular formula is C31H37F3N6O3. The van der Waals surface area contributed by atoms with Crippen molar-refractivity contribution in [1.29, 1.82) is 0 Å². The zero-order valence-electron chi connectivity index (χ0n) is 25.5. The molecule has 43 heavy (non-hydrogen) atoms. The van der Waals surface area contributed by atoms with E-state index in [1.54, 1.807) is 11.8 Å². The summed E-state index contributed by atoms with van der Waals surface area (Å²) in [5, 5.41) is 3.16. The molecule has 1 fully saturated rings. The average molecular weight is 599 g/mol. The Morgan fingerprint density at radius 2 is 1.77 bits per heavy atom. The maximum absolute atomic E-state index is 13.7. The van der Waals surface area contributed by atoms with Gasteiger partial charge in [-0.05, 0) is 62.9 Å². The molecule has 3 aromatic rings. The van der Waals surface area contributed by atoms with E-state index in [0.29, 0.717) is 48.0 Å². The number of hydrogen-bond acceptors (Lipinski definition) is 8. The van der Waals surface area contributed by atoms with E-state index in [1.165, 1.54) is 25.4 Å². The fourth-order valence-electron chi connectivity index (χ4n) is 5.29. The molecule has 0 saturated carbocycles. The molecule has 1 saturated heterocycles. The molecule has 1 N–H and O–H groups in total.